The summed E-state index contributed by atoms with van der Waals surface area (Å²) in [4.78, 5) is 33.3. The summed E-state index contributed by atoms with van der Waals surface area (Å²) in [7, 11) is 0. The van der Waals surface area contributed by atoms with Crippen LogP contribution < -0.4 is 15.8 Å². The number of rotatable bonds is 8. The number of hydroxylamine groups is 2. The number of amides is 2. The van der Waals surface area contributed by atoms with E-state index in [0.717, 1.165) is 25.7 Å². The molecule has 0 bridgehead atoms. The van der Waals surface area contributed by atoms with Gasteiger partial charge in [0.1, 0.15) is 5.82 Å². The molecule has 0 radical (unpaired) electrons. The maximum absolute atomic E-state index is 14.8. The van der Waals surface area contributed by atoms with Crippen molar-refractivity contribution in [2.75, 3.05) is 30.0 Å². The molecule has 1 aromatic rings. The fourth-order valence-electron chi connectivity index (χ4n) is 3.50. The number of aromatic nitrogens is 2. The molecule has 0 unspecified atom stereocenters. The molecule has 0 aromatic carbocycles. The minimum Gasteiger partial charge on any atom is -0.347 e. The first-order chi connectivity index (χ1) is 14.0. The van der Waals surface area contributed by atoms with E-state index in [2.05, 4.69) is 20.8 Å². The van der Waals surface area contributed by atoms with Crippen LogP contribution in [0.15, 0.2) is 23.8 Å². The average Bonchev–Trinajstić information content (AvgIpc) is 3.41. The first-order valence-electron chi connectivity index (χ1n) is 9.60. The van der Waals surface area contributed by atoms with Gasteiger partial charge in [0.05, 0.1) is 6.54 Å². The predicted octanol–water partition coefficient (Wildman–Crippen LogP) is 1.71. The highest BCUT2D eigenvalue weighted by molar-refractivity contribution is 5.94. The van der Waals surface area contributed by atoms with Gasteiger partial charge in [0.25, 0.3) is 5.91 Å². The molecule has 1 aromatic heterocycles. The van der Waals surface area contributed by atoms with Crippen molar-refractivity contribution < 1.29 is 19.2 Å². The van der Waals surface area contributed by atoms with E-state index in [4.69, 9.17) is 0 Å². The third-order valence-corrected chi connectivity index (χ3v) is 4.94. The Morgan fingerprint density at radius 3 is 2.69 bits per heavy atom. The first-order valence-corrected chi connectivity index (χ1v) is 9.60. The number of nitrogens with one attached hydrogen (secondary N) is 2. The Morgan fingerprint density at radius 2 is 2.03 bits per heavy atom. The standard InChI is InChI=1S/C19H25FN6O3/c1-13-21-17(16(20)18(22-13)25-8-4-5-9-25)23-24-19(28)15(11-26(29)12-27)10-14-6-2-3-7-14/h4-5,10,12,14,29H,2-3,6-9,11H2,1H3,(H,24,28)(H,21,22,23)/b15-10-. The Bertz CT molecular complexity index is 814. The Labute approximate surface area is 168 Å². The number of hydrogen-bond donors (Lipinski definition) is 3. The number of hydrazine groups is 1. The summed E-state index contributed by atoms with van der Waals surface area (Å²) in [5, 5.41) is 9.90. The molecule has 29 heavy (non-hydrogen) atoms. The molecule has 156 valence electrons. The molecule has 2 amide bonds. The van der Waals surface area contributed by atoms with Crippen molar-refractivity contribution in [3.05, 3.63) is 35.4 Å². The summed E-state index contributed by atoms with van der Waals surface area (Å²) in [5.41, 5.74) is 5.14. The lowest BCUT2D eigenvalue weighted by atomic mass is 10.0. The predicted molar refractivity (Wildman–Crippen MR) is 104 cm³/mol. The van der Waals surface area contributed by atoms with E-state index >= 15 is 0 Å². The number of nitrogens with zero attached hydrogens (tertiary/aromatic N) is 4. The molecule has 1 fully saturated rings. The van der Waals surface area contributed by atoms with Gasteiger partial charge in [0.15, 0.2) is 11.6 Å². The maximum atomic E-state index is 14.8. The average molecular weight is 404 g/mol. The van der Waals surface area contributed by atoms with E-state index < -0.39 is 11.7 Å². The molecule has 1 saturated carbocycles. The highest BCUT2D eigenvalue weighted by Gasteiger charge is 2.22. The van der Waals surface area contributed by atoms with Crippen LogP contribution in [0.2, 0.25) is 0 Å². The quantitative estimate of drug-likeness (QED) is 0.199. The lowest BCUT2D eigenvalue weighted by Crippen LogP contribution is -2.36. The zero-order valence-corrected chi connectivity index (χ0v) is 16.3. The Morgan fingerprint density at radius 1 is 1.34 bits per heavy atom. The van der Waals surface area contributed by atoms with Crippen LogP contribution in [0.4, 0.5) is 16.0 Å². The highest BCUT2D eigenvalue weighted by Crippen LogP contribution is 2.27. The minimum absolute atomic E-state index is 0.149. The number of carbonyl (C=O) groups is 2. The second kappa shape index (κ2) is 9.46. The number of hydrogen-bond acceptors (Lipinski definition) is 7. The topological polar surface area (TPSA) is 111 Å². The fourth-order valence-corrected chi connectivity index (χ4v) is 3.50. The summed E-state index contributed by atoms with van der Waals surface area (Å²) in [6, 6.07) is 0. The Hall–Kier alpha value is -3.01. The van der Waals surface area contributed by atoms with Crippen molar-refractivity contribution >= 4 is 24.0 Å². The van der Waals surface area contributed by atoms with Gasteiger partial charge in [-0.2, -0.15) is 4.39 Å². The molecule has 3 N–H and O–H groups in total. The van der Waals surface area contributed by atoms with E-state index in [1.165, 1.54) is 0 Å². The molecule has 0 saturated heterocycles. The molecule has 1 aliphatic heterocycles. The summed E-state index contributed by atoms with van der Waals surface area (Å²) < 4.78 is 14.8. The van der Waals surface area contributed by atoms with Gasteiger partial charge in [-0.25, -0.2) is 15.0 Å². The highest BCUT2D eigenvalue weighted by atomic mass is 19.1. The number of aryl methyl sites for hydroxylation is 1. The van der Waals surface area contributed by atoms with Crippen LogP contribution in [0, 0.1) is 18.7 Å². The number of allylic oxidation sites excluding steroid dienone is 1. The summed E-state index contributed by atoms with van der Waals surface area (Å²) in [6.45, 7) is 2.47. The minimum atomic E-state index is -0.669. The van der Waals surface area contributed by atoms with Crippen LogP contribution in [0.3, 0.4) is 0 Å². The van der Waals surface area contributed by atoms with Gasteiger partial charge in [0, 0.05) is 18.7 Å². The zero-order chi connectivity index (χ0) is 20.8. The van der Waals surface area contributed by atoms with Crippen LogP contribution in [0.5, 0.6) is 0 Å². The van der Waals surface area contributed by atoms with Gasteiger partial charge in [-0.05, 0) is 25.7 Å². The SMILES string of the molecule is Cc1nc(NNC(=O)/C(=C\C2CCCC2)CN(O)C=O)c(F)c(N2CC=CC2)n1. The normalized spacial score (nSPS) is 16.9. The van der Waals surface area contributed by atoms with E-state index in [0.29, 0.717) is 24.0 Å². The third kappa shape index (κ3) is 5.29. The van der Waals surface area contributed by atoms with E-state index in [9.17, 15) is 19.2 Å². The molecular weight excluding hydrogens is 379 g/mol. The van der Waals surface area contributed by atoms with E-state index in [1.807, 2.05) is 12.2 Å². The second-order valence-electron chi connectivity index (χ2n) is 7.15. The molecule has 0 atom stereocenters. The molecular formula is C19H25FN6O3. The van der Waals surface area contributed by atoms with Crippen LogP contribution >= 0.6 is 0 Å². The summed E-state index contributed by atoms with van der Waals surface area (Å²) in [6.07, 6.45) is 9.87. The fraction of sp³-hybridized carbons (Fsp3) is 0.474. The Balaban J connectivity index is 1.72. The number of carbonyl (C=O) groups excluding carboxylic acids is 2. The van der Waals surface area contributed by atoms with Crippen LogP contribution in [0.1, 0.15) is 31.5 Å². The van der Waals surface area contributed by atoms with Crippen molar-refractivity contribution in [2.45, 2.75) is 32.6 Å². The molecule has 3 rings (SSSR count). The zero-order valence-electron chi connectivity index (χ0n) is 16.3. The molecule has 2 heterocycles. The largest absolute Gasteiger partial charge is 0.347 e. The lowest BCUT2D eigenvalue weighted by Gasteiger charge is -2.20. The smallest absolute Gasteiger partial charge is 0.267 e. The monoisotopic (exact) mass is 404 g/mol. The van der Waals surface area contributed by atoms with Gasteiger partial charge in [-0.15, -0.1) is 0 Å². The van der Waals surface area contributed by atoms with Gasteiger partial charge in [-0.3, -0.25) is 25.6 Å². The number of anilines is 2. The molecule has 9 nitrogen and oxygen atoms in total. The molecule has 0 spiro atoms. The van der Waals surface area contributed by atoms with Crippen molar-refractivity contribution in [1.82, 2.24) is 20.5 Å². The Kier molecular flexibility index (Phi) is 6.76. The maximum Gasteiger partial charge on any atom is 0.267 e. The van der Waals surface area contributed by atoms with Gasteiger partial charge in [0.2, 0.25) is 12.2 Å². The van der Waals surface area contributed by atoms with Crippen LogP contribution in [0.25, 0.3) is 0 Å². The van der Waals surface area contributed by atoms with E-state index in [1.54, 1.807) is 17.9 Å². The van der Waals surface area contributed by atoms with Crippen molar-refractivity contribution in [3.63, 3.8) is 0 Å². The van der Waals surface area contributed by atoms with E-state index in [-0.39, 0.29) is 36.1 Å². The summed E-state index contributed by atoms with van der Waals surface area (Å²) in [5.74, 6) is -0.666. The molecule has 1 aliphatic carbocycles. The first kappa shape index (κ1) is 20.7. The third-order valence-electron chi connectivity index (χ3n) is 4.94. The van der Waals surface area contributed by atoms with Crippen LogP contribution in [-0.2, 0) is 9.59 Å². The van der Waals surface area contributed by atoms with Crippen molar-refractivity contribution in [3.8, 4) is 0 Å². The van der Waals surface area contributed by atoms with Gasteiger partial charge in [-0.1, -0.05) is 31.1 Å². The second-order valence-corrected chi connectivity index (χ2v) is 7.15. The van der Waals surface area contributed by atoms with Gasteiger partial charge < -0.3 is 4.90 Å². The van der Waals surface area contributed by atoms with Crippen LogP contribution in [-0.4, -0.2) is 52.2 Å². The summed E-state index contributed by atoms with van der Waals surface area (Å²) >= 11 is 0. The lowest BCUT2D eigenvalue weighted by molar-refractivity contribution is -0.148. The van der Waals surface area contributed by atoms with Crippen molar-refractivity contribution in [2.24, 2.45) is 5.92 Å². The van der Waals surface area contributed by atoms with Gasteiger partial charge >= 0.3 is 0 Å². The molecule has 10 heteroatoms. The molecule has 2 aliphatic rings. The number of halogens is 1. The van der Waals surface area contributed by atoms with Crippen molar-refractivity contribution in [1.29, 1.82) is 0 Å².